The third-order valence-electron chi connectivity index (χ3n) is 3.13. The molecule has 0 N–H and O–H groups in total. The van der Waals surface area contributed by atoms with Crippen molar-refractivity contribution >= 4 is 6.08 Å². The number of hydrogen-bond acceptors (Lipinski definition) is 4. The van der Waals surface area contributed by atoms with E-state index in [1.165, 1.54) is 0 Å². The Morgan fingerprint density at radius 2 is 2.19 bits per heavy atom. The molecule has 2 unspecified atom stereocenters. The second-order valence-electron chi connectivity index (χ2n) is 5.66. The van der Waals surface area contributed by atoms with Crippen LogP contribution in [0, 0.1) is 22.9 Å². The highest BCUT2D eigenvalue weighted by Crippen LogP contribution is 2.45. The van der Waals surface area contributed by atoms with Gasteiger partial charge in [0, 0.05) is 0 Å². The monoisotopic (exact) mass is 222 g/mol. The van der Waals surface area contributed by atoms with E-state index in [0.717, 1.165) is 19.3 Å². The van der Waals surface area contributed by atoms with Crippen LogP contribution in [-0.2, 0) is 9.53 Å². The van der Waals surface area contributed by atoms with Crippen LogP contribution in [0.3, 0.4) is 0 Å². The van der Waals surface area contributed by atoms with Crippen LogP contribution in [0.2, 0.25) is 0 Å². The number of carbonyl (C=O) groups excluding carboxylic acids is 1. The lowest BCUT2D eigenvalue weighted by molar-refractivity contribution is 0.0616. The summed E-state index contributed by atoms with van der Waals surface area (Å²) in [5, 5.41) is 8.46. The molecule has 0 heterocycles. The van der Waals surface area contributed by atoms with Gasteiger partial charge in [-0.3, -0.25) is 0 Å². The van der Waals surface area contributed by atoms with Crippen molar-refractivity contribution in [2.45, 2.75) is 45.6 Å². The van der Waals surface area contributed by atoms with E-state index in [9.17, 15) is 4.79 Å². The predicted octanol–water partition coefficient (Wildman–Crippen LogP) is 2.40. The largest absolute Gasteiger partial charge is 0.425 e. The molecule has 1 aliphatic carbocycles. The van der Waals surface area contributed by atoms with Gasteiger partial charge in [0.1, 0.15) is 12.1 Å². The van der Waals surface area contributed by atoms with Gasteiger partial charge in [0.2, 0.25) is 6.08 Å². The maximum absolute atomic E-state index is 10.5. The zero-order chi connectivity index (χ0) is 12.2. The Bertz CT molecular complexity index is 339. The lowest BCUT2D eigenvalue weighted by atomic mass is 9.65. The Hall–Kier alpha value is -1.33. The number of rotatable bonds is 3. The molecule has 0 spiro atoms. The average molecular weight is 222 g/mol. The zero-order valence-corrected chi connectivity index (χ0v) is 10.1. The van der Waals surface area contributed by atoms with Crippen molar-refractivity contribution in [2.75, 3.05) is 6.61 Å². The second-order valence-corrected chi connectivity index (χ2v) is 5.66. The summed E-state index contributed by atoms with van der Waals surface area (Å²) in [7, 11) is 0. The number of aliphatic imine (C=N–C) groups is 1. The smallest absolute Gasteiger partial charge is 0.286 e. The Balaban J connectivity index is 2.91. The van der Waals surface area contributed by atoms with Gasteiger partial charge < -0.3 is 4.74 Å². The second kappa shape index (κ2) is 4.67. The van der Waals surface area contributed by atoms with Crippen molar-refractivity contribution < 1.29 is 9.53 Å². The number of nitriles is 1. The van der Waals surface area contributed by atoms with Gasteiger partial charge in [-0.05, 0) is 30.6 Å². The third kappa shape index (κ3) is 3.08. The van der Waals surface area contributed by atoms with Crippen LogP contribution in [-0.4, -0.2) is 18.2 Å². The molecule has 0 radical (unpaired) electrons. The minimum atomic E-state index is -0.557. The molecular formula is C12H18N2O2. The van der Waals surface area contributed by atoms with Crippen molar-refractivity contribution in [3.63, 3.8) is 0 Å². The van der Waals surface area contributed by atoms with E-state index in [0.29, 0.717) is 5.92 Å². The predicted molar refractivity (Wildman–Crippen MR) is 59.2 cm³/mol. The first-order valence-corrected chi connectivity index (χ1v) is 5.53. The molecule has 0 aromatic carbocycles. The standard InChI is InChI=1S/C12H18N2O2/c1-10-4-11(2,3)6-12(5-10,14-9-15)7-16-8-13/h10H,4-7H2,1-3H3. The molecule has 0 amide bonds. The van der Waals surface area contributed by atoms with Crippen molar-refractivity contribution in [3.8, 4) is 6.26 Å². The van der Waals surface area contributed by atoms with Crippen molar-refractivity contribution in [3.05, 3.63) is 0 Å². The van der Waals surface area contributed by atoms with Gasteiger partial charge in [0.15, 0.2) is 0 Å². The van der Waals surface area contributed by atoms with Gasteiger partial charge in [-0.1, -0.05) is 20.8 Å². The van der Waals surface area contributed by atoms with Crippen molar-refractivity contribution in [1.29, 1.82) is 5.26 Å². The highest BCUT2D eigenvalue weighted by atomic mass is 16.5. The fourth-order valence-corrected chi connectivity index (χ4v) is 3.19. The first kappa shape index (κ1) is 12.7. The number of hydrogen-bond donors (Lipinski definition) is 0. The SMILES string of the molecule is CC1CC(C)(C)CC(COC#N)(N=C=O)C1. The number of ether oxygens (including phenoxy) is 1. The summed E-state index contributed by atoms with van der Waals surface area (Å²) >= 11 is 0. The molecule has 4 heteroatoms. The molecule has 1 saturated carbocycles. The summed E-state index contributed by atoms with van der Waals surface area (Å²) in [5.41, 5.74) is -0.435. The molecule has 0 aliphatic heterocycles. The van der Waals surface area contributed by atoms with Crippen LogP contribution in [0.25, 0.3) is 0 Å². The Kier molecular flexibility index (Phi) is 3.72. The molecule has 2 atom stereocenters. The first-order valence-electron chi connectivity index (χ1n) is 5.53. The molecule has 1 aliphatic rings. The summed E-state index contributed by atoms with van der Waals surface area (Å²) in [5.74, 6) is 0.475. The van der Waals surface area contributed by atoms with Gasteiger partial charge in [0.25, 0.3) is 6.26 Å². The Labute approximate surface area is 96.3 Å². The molecule has 0 saturated heterocycles. The minimum absolute atomic E-state index is 0.122. The van der Waals surface area contributed by atoms with E-state index in [1.807, 2.05) is 0 Å². The van der Waals surface area contributed by atoms with E-state index >= 15 is 0 Å². The van der Waals surface area contributed by atoms with Crippen LogP contribution in [0.1, 0.15) is 40.0 Å². The maximum Gasteiger partial charge on any atom is 0.286 e. The van der Waals surface area contributed by atoms with E-state index in [1.54, 1.807) is 12.3 Å². The van der Waals surface area contributed by atoms with Gasteiger partial charge >= 0.3 is 0 Å². The normalized spacial score (nSPS) is 32.2. The fourth-order valence-electron chi connectivity index (χ4n) is 3.19. The molecule has 0 aromatic heterocycles. The Morgan fingerprint density at radius 3 is 2.69 bits per heavy atom. The van der Waals surface area contributed by atoms with Crippen LogP contribution < -0.4 is 0 Å². The van der Waals surface area contributed by atoms with E-state index in [2.05, 4.69) is 25.8 Å². The fraction of sp³-hybridized carbons (Fsp3) is 0.833. The van der Waals surface area contributed by atoms with E-state index in [-0.39, 0.29) is 12.0 Å². The Morgan fingerprint density at radius 1 is 1.50 bits per heavy atom. The van der Waals surface area contributed by atoms with Crippen LogP contribution in [0.4, 0.5) is 0 Å². The first-order chi connectivity index (χ1) is 7.43. The topological polar surface area (TPSA) is 62.4 Å². The van der Waals surface area contributed by atoms with Crippen molar-refractivity contribution in [1.82, 2.24) is 0 Å². The average Bonchev–Trinajstić information content (AvgIpc) is 2.12. The summed E-state index contributed by atoms with van der Waals surface area (Å²) in [6.45, 7) is 6.64. The third-order valence-corrected chi connectivity index (χ3v) is 3.13. The molecule has 4 nitrogen and oxygen atoms in total. The van der Waals surface area contributed by atoms with Gasteiger partial charge in [-0.25, -0.2) is 4.79 Å². The van der Waals surface area contributed by atoms with Gasteiger partial charge in [-0.2, -0.15) is 10.3 Å². The van der Waals surface area contributed by atoms with Crippen LogP contribution >= 0.6 is 0 Å². The van der Waals surface area contributed by atoms with Crippen molar-refractivity contribution in [2.24, 2.45) is 16.3 Å². The molecule has 1 rings (SSSR count). The number of nitrogens with zero attached hydrogens (tertiary/aromatic N) is 2. The lowest BCUT2D eigenvalue weighted by Gasteiger charge is -2.43. The van der Waals surface area contributed by atoms with Crippen LogP contribution in [0.15, 0.2) is 4.99 Å². The number of isocyanates is 1. The molecule has 0 bridgehead atoms. The minimum Gasteiger partial charge on any atom is -0.425 e. The summed E-state index contributed by atoms with van der Waals surface area (Å²) in [6.07, 6.45) is 5.94. The van der Waals surface area contributed by atoms with Gasteiger partial charge in [-0.15, -0.1) is 0 Å². The highest BCUT2D eigenvalue weighted by molar-refractivity contribution is 5.35. The maximum atomic E-state index is 10.5. The zero-order valence-electron chi connectivity index (χ0n) is 10.1. The summed E-state index contributed by atoms with van der Waals surface area (Å²) in [6, 6.07) is 0. The molecule has 88 valence electrons. The molecule has 1 fully saturated rings. The lowest BCUT2D eigenvalue weighted by Crippen LogP contribution is -2.43. The molecule has 16 heavy (non-hydrogen) atoms. The van der Waals surface area contributed by atoms with E-state index in [4.69, 9.17) is 10.00 Å². The highest BCUT2D eigenvalue weighted by Gasteiger charge is 2.43. The van der Waals surface area contributed by atoms with Gasteiger partial charge in [0.05, 0.1) is 0 Å². The van der Waals surface area contributed by atoms with Crippen LogP contribution in [0.5, 0.6) is 0 Å². The molecular weight excluding hydrogens is 204 g/mol. The van der Waals surface area contributed by atoms with E-state index < -0.39 is 5.54 Å². The quantitative estimate of drug-likeness (QED) is 0.418. The molecule has 0 aromatic rings. The summed E-state index contributed by atoms with van der Waals surface area (Å²) < 4.78 is 4.80. The summed E-state index contributed by atoms with van der Waals surface area (Å²) in [4.78, 5) is 14.4.